The first-order valence-electron chi connectivity index (χ1n) is 41.1. The second-order valence-corrected chi connectivity index (χ2v) is 39.7. The number of halogens is 3. The molecule has 0 radical (unpaired) electrons. The normalized spacial score (nSPS) is 35.6. The number of ether oxygens (including phenoxy) is 3. The summed E-state index contributed by atoms with van der Waals surface area (Å²) < 4.78 is 76.6. The lowest BCUT2D eigenvalue weighted by atomic mass is 9.33. The lowest BCUT2D eigenvalue weighted by molar-refractivity contribution is -0.233. The quantitative estimate of drug-likeness (QED) is 0.0836. The molecule has 7 fully saturated rings. The summed E-state index contributed by atoms with van der Waals surface area (Å²) in [6.45, 7) is 35.2. The molecule has 1 unspecified atom stereocenters. The number of alkyl halides is 3. The van der Waals surface area contributed by atoms with Crippen LogP contribution in [0.15, 0.2) is 67.3 Å². The van der Waals surface area contributed by atoms with Crippen LogP contribution in [0.5, 0.6) is 5.88 Å². The molecule has 0 saturated heterocycles. The molecule has 3 aromatic heterocycles. The number of esters is 2. The van der Waals surface area contributed by atoms with E-state index in [0.29, 0.717) is 79.5 Å². The highest BCUT2D eigenvalue weighted by Crippen LogP contribution is 2.79. The first-order valence-corrected chi connectivity index (χ1v) is 41.1. The van der Waals surface area contributed by atoms with Crippen molar-refractivity contribution in [1.29, 1.82) is 0 Å². The van der Waals surface area contributed by atoms with Gasteiger partial charge in [-0.2, -0.15) is 13.2 Å². The topological polar surface area (TPSA) is 265 Å². The molecule has 17 atom stereocenters. The zero-order chi connectivity index (χ0) is 80.0. The van der Waals surface area contributed by atoms with Crippen molar-refractivity contribution in [2.75, 3.05) is 20.2 Å². The molecule has 7 saturated carbocycles. The predicted molar refractivity (Wildman–Crippen MR) is 407 cm³/mol. The van der Waals surface area contributed by atoms with Crippen molar-refractivity contribution < 1.29 is 75.2 Å². The van der Waals surface area contributed by atoms with E-state index in [1.54, 1.807) is 19.4 Å². The first kappa shape index (κ1) is 81.0. The van der Waals surface area contributed by atoms with Gasteiger partial charge in [0.1, 0.15) is 17.9 Å². The van der Waals surface area contributed by atoms with E-state index in [9.17, 15) is 39.0 Å². The lowest BCUT2D eigenvalue weighted by Gasteiger charge is -2.72. The third kappa shape index (κ3) is 13.2. The van der Waals surface area contributed by atoms with Crippen LogP contribution in [0.25, 0.3) is 17.0 Å². The Morgan fingerprint density at radius 2 is 1.22 bits per heavy atom. The molecule has 9 aliphatic carbocycles. The molecule has 0 spiro atoms. The largest absolute Gasteiger partial charge is 0.481 e. The van der Waals surface area contributed by atoms with Crippen LogP contribution in [0.3, 0.4) is 0 Å². The molecule has 0 bridgehead atoms. The zero-order valence-electron chi connectivity index (χ0n) is 68.5. The van der Waals surface area contributed by atoms with Gasteiger partial charge >= 0.3 is 30.1 Å². The minimum atomic E-state index is -4.90. The summed E-state index contributed by atoms with van der Waals surface area (Å²) in [5.74, 6) is -0.477. The van der Waals surface area contributed by atoms with Gasteiger partial charge in [0.2, 0.25) is 29.4 Å². The Morgan fingerprint density at radius 1 is 0.655 bits per heavy atom. The maximum atomic E-state index is 15.3. The number of ketones is 2. The van der Waals surface area contributed by atoms with Gasteiger partial charge in [0.25, 0.3) is 0 Å². The average Bonchev–Trinajstić information content (AvgIpc) is 1.23. The van der Waals surface area contributed by atoms with Crippen molar-refractivity contribution in [2.24, 2.45) is 107 Å². The van der Waals surface area contributed by atoms with Crippen LogP contribution >= 0.6 is 0 Å². The van der Waals surface area contributed by atoms with Gasteiger partial charge in [-0.3, -0.25) is 28.8 Å². The lowest BCUT2D eigenvalue weighted by Crippen LogP contribution is -2.65. The Hall–Kier alpha value is -7.00. The smallest absolute Gasteiger partial charge is 0.431 e. The van der Waals surface area contributed by atoms with Crippen LogP contribution in [0, 0.1) is 107 Å². The third-order valence-corrected chi connectivity index (χ3v) is 32.4. The molecule has 0 aromatic carbocycles. The number of fused-ring (bicyclic) bond motifs is 12. The summed E-state index contributed by atoms with van der Waals surface area (Å²) in [7, 11) is 1.56. The Morgan fingerprint density at radius 3 is 1.75 bits per heavy atom. The van der Waals surface area contributed by atoms with Crippen molar-refractivity contribution >= 4 is 41.0 Å². The minimum absolute atomic E-state index is 0.0149. The number of allylic oxidation sites excluding steroid dienone is 7. The SMILES string of the molecule is CC[C@H](CC[C@@]1(C)[C@H](C)CC[C@]2(C)[C@@H]1CC[C@@H]1C3=C(C(C)C)C(=O)C[C@]3(Cc3nnc(C4=CC=C(C(F)(F)F)N(CC(C)(CC(=O)O[C@H]5CC[C@]6(C)[C@H]7CC[C@@H]8C9=C(C(C)C)C(=O)C[C@]9(Cc9nnc(-c%10ccc(OC)nc%10)o9)CC[C@@]8(C)[C@]7(C)CC[C@H]6C5(C)C)C(=O)O)C4)o3)CC[C@]12C)OC(=O)CC(C)(C)C(=O)O. The van der Waals surface area contributed by atoms with E-state index in [4.69, 9.17) is 23.0 Å². The second-order valence-electron chi connectivity index (χ2n) is 39.7. The number of rotatable bonds is 23. The van der Waals surface area contributed by atoms with Crippen LogP contribution in [-0.4, -0.2) is 115 Å². The molecule has 4 heterocycles. The standard InChI is InChI=1S/C88H121F3N6O13/c1-19-54(107-67(100)44-77(7,8)75(102)103)29-32-80(12)51(6)28-34-84(16)60(80)24-22-55-71-69(49(2)3)58(99)41-87(71,38-36-82(55,84)14)43-66-94-96-74(110-66)53-20-26-62(88(89,90)91)97(47-53)48-79(11,76(104)105)45-68(101)108-63-31-33-81(13)59(78(63,9)10)30-35-85(17)61(81)25-23-56-72-70(50(4)5)57(98)40-86(72,39-37-83(56,85)15)42-65-93-95-73(109-65)52-21-27-64(106-18)92-46-52/h20-21,26-27,46,49-51,54-56,59-61,63H,19,22-25,28-45,47-48H2,1-18H3,(H,102,103)(H,104,105)/t51-,54-,55-,56-,59+,60-,61-,63+,79?,80+,81+,82-,83-,84-,85-,86+,87+/m1/s1. The van der Waals surface area contributed by atoms with Gasteiger partial charge in [-0.1, -0.05) is 108 Å². The van der Waals surface area contributed by atoms with E-state index < -0.39 is 88.4 Å². The maximum absolute atomic E-state index is 15.3. The molecule has 19 nitrogen and oxygen atoms in total. The van der Waals surface area contributed by atoms with E-state index in [0.717, 1.165) is 106 Å². The second kappa shape index (κ2) is 28.2. The number of carboxylic acids is 2. The van der Waals surface area contributed by atoms with E-state index in [-0.39, 0.29) is 116 Å². The van der Waals surface area contributed by atoms with Gasteiger partial charge in [0.05, 0.1) is 36.3 Å². The number of pyridine rings is 1. The van der Waals surface area contributed by atoms with Gasteiger partial charge in [-0.05, 0) is 239 Å². The van der Waals surface area contributed by atoms with Crippen LogP contribution < -0.4 is 4.74 Å². The van der Waals surface area contributed by atoms with Crippen LogP contribution in [0.1, 0.15) is 270 Å². The Labute approximate surface area is 647 Å². The third-order valence-electron chi connectivity index (χ3n) is 32.4. The molecule has 0 amide bonds. The van der Waals surface area contributed by atoms with Gasteiger partial charge in [0, 0.05) is 72.9 Å². The highest BCUT2D eigenvalue weighted by Gasteiger charge is 2.72. The molecule has 2 N–H and O–H groups in total. The van der Waals surface area contributed by atoms with Crippen LogP contribution in [-0.2, 0) is 51.1 Å². The number of carbonyl (C=O) groups excluding carboxylic acids is 4. The van der Waals surface area contributed by atoms with Gasteiger partial charge < -0.3 is 38.2 Å². The number of nitrogens with zero attached hydrogens (tertiary/aromatic N) is 6. The number of Topliss-reactive ketones (excluding diaryl/α,β-unsaturated/α-hetero) is 2. The number of aliphatic carboxylic acids is 2. The Bertz CT molecular complexity index is 4280. The first-order chi connectivity index (χ1) is 51.3. The molecule has 22 heteroatoms. The molecule has 3 aromatic rings. The van der Waals surface area contributed by atoms with Crippen molar-refractivity contribution in [3.05, 3.63) is 76.1 Å². The minimum Gasteiger partial charge on any atom is -0.481 e. The fraction of sp³-hybridized carbons (Fsp3) is 0.739. The summed E-state index contributed by atoms with van der Waals surface area (Å²) in [6.07, 6.45) is 12.8. The van der Waals surface area contributed by atoms with Crippen molar-refractivity contribution in [3.63, 3.8) is 0 Å². The number of hydrogen-bond donors (Lipinski definition) is 2. The molecule has 110 heavy (non-hydrogen) atoms. The van der Waals surface area contributed by atoms with Crippen molar-refractivity contribution in [1.82, 2.24) is 30.3 Å². The van der Waals surface area contributed by atoms with Gasteiger partial charge in [-0.15, -0.1) is 20.4 Å². The number of aromatic nitrogens is 5. The maximum Gasteiger partial charge on any atom is 0.431 e. The number of carboxylic acid groups (broad SMARTS) is 2. The monoisotopic (exact) mass is 1530 g/mol. The molecule has 10 aliphatic rings. The summed E-state index contributed by atoms with van der Waals surface area (Å²) in [5, 5.41) is 38.9. The van der Waals surface area contributed by atoms with E-state index in [2.05, 4.69) is 115 Å². The van der Waals surface area contributed by atoms with Gasteiger partial charge in [0.15, 0.2) is 11.6 Å². The Balaban J connectivity index is 0.679. The molecule has 1 aliphatic heterocycles. The highest BCUT2D eigenvalue weighted by molar-refractivity contribution is 6.01. The van der Waals surface area contributed by atoms with E-state index >= 15 is 13.2 Å². The summed E-state index contributed by atoms with van der Waals surface area (Å²) in [6, 6.07) is 3.59. The summed E-state index contributed by atoms with van der Waals surface area (Å²) >= 11 is 0. The molecule has 602 valence electrons. The van der Waals surface area contributed by atoms with Gasteiger partial charge in [-0.25, -0.2) is 4.98 Å². The fourth-order valence-corrected chi connectivity index (χ4v) is 26.0. The van der Waals surface area contributed by atoms with Crippen molar-refractivity contribution in [2.45, 2.75) is 284 Å². The zero-order valence-corrected chi connectivity index (χ0v) is 68.5. The van der Waals surface area contributed by atoms with E-state index in [1.165, 1.54) is 38.0 Å². The number of methoxy groups -OCH3 is 1. The average molecular weight is 1530 g/mol. The number of hydrogen-bond acceptors (Lipinski definition) is 17. The predicted octanol–water partition coefficient (Wildman–Crippen LogP) is 18.6. The van der Waals surface area contributed by atoms with Crippen LogP contribution in [0.4, 0.5) is 13.2 Å². The summed E-state index contributed by atoms with van der Waals surface area (Å²) in [4.78, 5) is 87.8. The molecular formula is C88H121F3N6O13. The number of carbonyl (C=O) groups is 6. The van der Waals surface area contributed by atoms with Crippen LogP contribution in [0.2, 0.25) is 0 Å². The highest BCUT2D eigenvalue weighted by atomic mass is 19.4. The van der Waals surface area contributed by atoms with Crippen molar-refractivity contribution in [3.8, 4) is 17.3 Å². The van der Waals surface area contributed by atoms with E-state index in [1.807, 2.05) is 13.0 Å². The fourth-order valence-electron chi connectivity index (χ4n) is 26.0. The Kier molecular flexibility index (Phi) is 20.8. The summed E-state index contributed by atoms with van der Waals surface area (Å²) in [5.41, 5.74) is -1.57. The molecular weight excluding hydrogens is 1410 g/mol. The molecule has 13 rings (SSSR count).